The number of nitriles is 2. The topological polar surface area (TPSA) is 215 Å². The van der Waals surface area contributed by atoms with Gasteiger partial charge in [-0.25, -0.2) is 19.9 Å². The third-order valence-corrected chi connectivity index (χ3v) is 6.41. The lowest BCUT2D eigenvalue weighted by atomic mass is 10.1. The van der Waals surface area contributed by atoms with Crippen LogP contribution in [-0.2, 0) is 25.9 Å². The van der Waals surface area contributed by atoms with E-state index in [9.17, 15) is 0 Å². The minimum absolute atomic E-state index is 0.287. The molecule has 0 aliphatic rings. The molecule has 0 aliphatic heterocycles. The van der Waals surface area contributed by atoms with Crippen molar-refractivity contribution in [2.24, 2.45) is 5.73 Å². The first-order valence-electron chi connectivity index (χ1n) is 14.3. The number of hydrogen-bond donors (Lipinski definition) is 2. The SMILES string of the molecule is CCc1nc(-c2ccc(CN)cc2)no1.CCc1nc(-c2ccc(CNc3cc(C#N)ncn3)cc2)no1.N#Cc1cc(Cl)ncn1. The van der Waals surface area contributed by atoms with Gasteiger partial charge in [0.2, 0.25) is 23.4 Å². The molecule has 0 fully saturated rings. The number of rotatable bonds is 8. The first-order chi connectivity index (χ1) is 22.9. The Balaban J connectivity index is 0.000000178. The first kappa shape index (κ1) is 33.8. The molecule has 0 radical (unpaired) electrons. The van der Waals surface area contributed by atoms with E-state index in [1.807, 2.05) is 74.5 Å². The minimum atomic E-state index is 0.287. The van der Waals surface area contributed by atoms with E-state index in [0.717, 1.165) is 35.1 Å². The van der Waals surface area contributed by atoms with Gasteiger partial charge in [-0.1, -0.05) is 84.3 Å². The van der Waals surface area contributed by atoms with Crippen LogP contribution in [0.4, 0.5) is 5.82 Å². The Morgan fingerprint density at radius 2 is 1.23 bits per heavy atom. The summed E-state index contributed by atoms with van der Waals surface area (Å²) in [5.74, 6) is 3.13. The summed E-state index contributed by atoms with van der Waals surface area (Å²) >= 11 is 5.42. The van der Waals surface area contributed by atoms with E-state index in [4.69, 9.17) is 36.9 Å². The molecule has 15 heteroatoms. The fraction of sp³-hybridized carbons (Fsp3) is 0.188. The summed E-state index contributed by atoms with van der Waals surface area (Å²) in [4.78, 5) is 23.6. The van der Waals surface area contributed by atoms with E-state index in [-0.39, 0.29) is 5.69 Å². The van der Waals surface area contributed by atoms with Crippen molar-refractivity contribution >= 4 is 17.4 Å². The van der Waals surface area contributed by atoms with Gasteiger partial charge in [0.15, 0.2) is 0 Å². The number of nitrogens with one attached hydrogen (secondary N) is 1. The minimum Gasteiger partial charge on any atom is -0.366 e. The number of nitrogens with zero attached hydrogens (tertiary/aromatic N) is 10. The zero-order valence-electron chi connectivity index (χ0n) is 25.5. The van der Waals surface area contributed by atoms with Crippen LogP contribution < -0.4 is 11.1 Å². The molecule has 236 valence electrons. The molecule has 47 heavy (non-hydrogen) atoms. The molecule has 2 aromatic carbocycles. The van der Waals surface area contributed by atoms with E-state index >= 15 is 0 Å². The third kappa shape index (κ3) is 10.2. The smallest absolute Gasteiger partial charge is 0.226 e. The Morgan fingerprint density at radius 1 is 0.723 bits per heavy atom. The highest BCUT2D eigenvalue weighted by molar-refractivity contribution is 6.29. The van der Waals surface area contributed by atoms with Crippen molar-refractivity contribution in [1.82, 2.24) is 40.2 Å². The van der Waals surface area contributed by atoms with Gasteiger partial charge >= 0.3 is 0 Å². The van der Waals surface area contributed by atoms with E-state index in [0.29, 0.717) is 53.2 Å². The molecule has 0 unspecified atom stereocenters. The van der Waals surface area contributed by atoms with Crippen LogP contribution in [0.3, 0.4) is 0 Å². The van der Waals surface area contributed by atoms with Crippen molar-refractivity contribution in [3.63, 3.8) is 0 Å². The van der Waals surface area contributed by atoms with Crippen molar-refractivity contribution in [2.75, 3.05) is 5.32 Å². The third-order valence-electron chi connectivity index (χ3n) is 6.20. The Kier molecular flexibility index (Phi) is 12.5. The lowest BCUT2D eigenvalue weighted by Crippen LogP contribution is -2.02. The van der Waals surface area contributed by atoms with Crippen LogP contribution in [-0.4, -0.2) is 40.2 Å². The molecule has 0 bridgehead atoms. The fourth-order valence-corrected chi connectivity index (χ4v) is 3.84. The molecule has 14 nitrogen and oxygen atoms in total. The molecule has 0 spiro atoms. The molecule has 0 saturated heterocycles. The standard InChI is InChI=1S/C16H14N6O.C11H13N3O.C5H2ClN3/c1-2-15-21-16(22-23-15)12-5-3-11(4-6-12)9-18-14-7-13(8-17)19-10-20-14;1-2-10-13-11(14-15-10)9-5-3-8(7-12)4-6-9;6-5-1-4(2-7)8-3-9-5/h3-7,10H,2,9H2,1H3,(H,18,19,20);3-6H,2,7,12H2,1H3;1,3H. The molecule has 6 rings (SSSR count). The van der Waals surface area contributed by atoms with Gasteiger partial charge in [-0.2, -0.15) is 20.5 Å². The van der Waals surface area contributed by atoms with Crippen LogP contribution in [0.5, 0.6) is 0 Å². The summed E-state index contributed by atoms with van der Waals surface area (Å²) in [6.07, 6.45) is 4.10. The highest BCUT2D eigenvalue weighted by Crippen LogP contribution is 2.18. The summed E-state index contributed by atoms with van der Waals surface area (Å²) in [5.41, 5.74) is 10.2. The average molecular weight is 649 g/mol. The molecule has 4 heterocycles. The summed E-state index contributed by atoms with van der Waals surface area (Å²) < 4.78 is 10.2. The van der Waals surface area contributed by atoms with Crippen LogP contribution in [0.2, 0.25) is 5.15 Å². The van der Waals surface area contributed by atoms with Crippen molar-refractivity contribution in [3.05, 3.63) is 113 Å². The molecule has 6 aromatic rings. The van der Waals surface area contributed by atoms with Crippen LogP contribution in [0.1, 0.15) is 48.1 Å². The van der Waals surface area contributed by atoms with Crippen molar-refractivity contribution in [2.45, 2.75) is 39.8 Å². The van der Waals surface area contributed by atoms with Gasteiger partial charge in [0.05, 0.1) is 0 Å². The molecule has 3 N–H and O–H groups in total. The number of aromatic nitrogens is 8. The van der Waals surface area contributed by atoms with E-state index in [1.165, 1.54) is 18.7 Å². The zero-order valence-corrected chi connectivity index (χ0v) is 26.3. The molecule has 0 amide bonds. The molecular weight excluding hydrogens is 620 g/mol. The summed E-state index contributed by atoms with van der Waals surface area (Å²) in [6, 6.07) is 22.5. The maximum atomic E-state index is 8.82. The summed E-state index contributed by atoms with van der Waals surface area (Å²) in [5, 5.41) is 28.4. The maximum Gasteiger partial charge on any atom is 0.226 e. The van der Waals surface area contributed by atoms with E-state index in [2.05, 4.69) is 45.5 Å². The van der Waals surface area contributed by atoms with Gasteiger partial charge in [-0.15, -0.1) is 0 Å². The lowest BCUT2D eigenvalue weighted by Gasteiger charge is -2.05. The van der Waals surface area contributed by atoms with Gasteiger partial charge < -0.3 is 20.1 Å². The van der Waals surface area contributed by atoms with Gasteiger partial charge in [0.25, 0.3) is 0 Å². The van der Waals surface area contributed by atoms with Gasteiger partial charge in [-0.05, 0) is 11.1 Å². The molecule has 0 aliphatic carbocycles. The van der Waals surface area contributed by atoms with Crippen LogP contribution >= 0.6 is 11.6 Å². The number of hydrogen-bond acceptors (Lipinski definition) is 14. The fourth-order valence-electron chi connectivity index (χ4n) is 3.70. The van der Waals surface area contributed by atoms with Crippen molar-refractivity contribution < 1.29 is 9.05 Å². The molecular formula is C32H29ClN12O2. The van der Waals surface area contributed by atoms with E-state index < -0.39 is 0 Å². The monoisotopic (exact) mass is 648 g/mol. The Hall–Kier alpha value is -6.09. The van der Waals surface area contributed by atoms with Crippen LogP contribution in [0.25, 0.3) is 22.8 Å². The molecule has 0 saturated carbocycles. The highest BCUT2D eigenvalue weighted by Gasteiger charge is 2.08. The predicted molar refractivity (Wildman–Crippen MR) is 172 cm³/mol. The normalized spacial score (nSPS) is 10.0. The lowest BCUT2D eigenvalue weighted by molar-refractivity contribution is 0.382. The summed E-state index contributed by atoms with van der Waals surface area (Å²) in [7, 11) is 0. The van der Waals surface area contributed by atoms with Crippen molar-refractivity contribution in [1.29, 1.82) is 10.5 Å². The number of halogens is 1. The van der Waals surface area contributed by atoms with Gasteiger partial charge in [-0.3, -0.25) is 0 Å². The van der Waals surface area contributed by atoms with Crippen LogP contribution in [0, 0.1) is 22.7 Å². The number of benzene rings is 2. The van der Waals surface area contributed by atoms with Gasteiger partial charge in [0.1, 0.15) is 47.2 Å². The predicted octanol–water partition coefficient (Wildman–Crippen LogP) is 5.33. The first-order valence-corrected chi connectivity index (χ1v) is 14.7. The van der Waals surface area contributed by atoms with Gasteiger partial charge in [0, 0.05) is 49.2 Å². The maximum absolute atomic E-state index is 8.82. The molecule has 4 aromatic heterocycles. The number of aryl methyl sites for hydroxylation is 2. The highest BCUT2D eigenvalue weighted by atomic mass is 35.5. The number of anilines is 1. The Bertz CT molecular complexity index is 1940. The molecule has 0 atom stereocenters. The Labute approximate surface area is 275 Å². The second kappa shape index (κ2) is 17.4. The summed E-state index contributed by atoms with van der Waals surface area (Å²) in [6.45, 7) is 5.09. The zero-order chi connectivity index (χ0) is 33.4. The average Bonchev–Trinajstić information content (AvgIpc) is 3.82. The second-order valence-corrected chi connectivity index (χ2v) is 9.81. The Morgan fingerprint density at radius 3 is 1.68 bits per heavy atom. The quantitative estimate of drug-likeness (QED) is 0.199. The number of nitrogens with two attached hydrogens (primary N) is 1. The van der Waals surface area contributed by atoms with Crippen LogP contribution in [0.15, 0.2) is 82.4 Å². The largest absolute Gasteiger partial charge is 0.366 e. The van der Waals surface area contributed by atoms with E-state index in [1.54, 1.807) is 6.07 Å². The second-order valence-electron chi connectivity index (χ2n) is 9.42. The van der Waals surface area contributed by atoms with Crippen molar-refractivity contribution in [3.8, 4) is 34.9 Å².